The van der Waals surface area contributed by atoms with Crippen LogP contribution < -0.4 is 15.7 Å². The van der Waals surface area contributed by atoms with E-state index in [0.29, 0.717) is 0 Å². The Labute approximate surface area is 97.7 Å². The van der Waals surface area contributed by atoms with E-state index in [4.69, 9.17) is 4.52 Å². The highest BCUT2D eigenvalue weighted by Crippen LogP contribution is 2.34. The molecule has 0 saturated heterocycles. The molecular formula is C11H22N2O2P+. The van der Waals surface area contributed by atoms with Crippen LogP contribution in [0.4, 0.5) is 0 Å². The van der Waals surface area contributed by atoms with Crippen molar-refractivity contribution in [2.24, 2.45) is 7.05 Å². The molecule has 0 unspecified atom stereocenters. The molecule has 16 heavy (non-hydrogen) atoms. The first-order valence-corrected chi connectivity index (χ1v) is 7.74. The largest absolute Gasteiger partial charge is 0.434 e. The van der Waals surface area contributed by atoms with E-state index >= 15 is 0 Å². The molecule has 0 radical (unpaired) electrons. The van der Waals surface area contributed by atoms with Gasteiger partial charge in [-0.1, -0.05) is 31.4 Å². The first kappa shape index (κ1) is 13.4. The molecule has 1 rings (SSSR count). The van der Waals surface area contributed by atoms with Crippen LogP contribution in [-0.4, -0.2) is 17.6 Å². The Morgan fingerprint density at radius 1 is 1.25 bits per heavy atom. The predicted octanol–water partition coefficient (Wildman–Crippen LogP) is 1.50. The number of nitrogens with one attached hydrogen (secondary N) is 1. The van der Waals surface area contributed by atoms with Crippen LogP contribution in [0, 0.1) is 0 Å². The monoisotopic (exact) mass is 245 g/mol. The Balaban J connectivity index is 2.78. The minimum atomic E-state index is -0.347. The number of aromatic amines is 1. The van der Waals surface area contributed by atoms with Crippen molar-refractivity contribution in [3.63, 3.8) is 0 Å². The zero-order valence-electron chi connectivity index (χ0n) is 10.5. The van der Waals surface area contributed by atoms with E-state index in [0.717, 1.165) is 17.8 Å². The van der Waals surface area contributed by atoms with E-state index in [1.807, 2.05) is 7.05 Å². The highest BCUT2D eigenvalue weighted by molar-refractivity contribution is 7.65. The van der Waals surface area contributed by atoms with Gasteiger partial charge in [-0.3, -0.25) is 4.52 Å². The molecule has 1 aromatic heterocycles. The van der Waals surface area contributed by atoms with Crippen LogP contribution >= 0.6 is 7.92 Å². The van der Waals surface area contributed by atoms with Gasteiger partial charge >= 0.3 is 11.1 Å². The van der Waals surface area contributed by atoms with Gasteiger partial charge in [0, 0.05) is 7.92 Å². The third-order valence-corrected chi connectivity index (χ3v) is 5.43. The van der Waals surface area contributed by atoms with Crippen LogP contribution in [0.5, 0.6) is 0 Å². The van der Waals surface area contributed by atoms with Crippen molar-refractivity contribution in [2.75, 3.05) is 12.3 Å². The third kappa shape index (κ3) is 3.44. The Morgan fingerprint density at radius 2 is 1.81 bits per heavy atom. The molecule has 92 valence electrons. The smallest absolute Gasteiger partial charge is 0.283 e. The van der Waals surface area contributed by atoms with Crippen LogP contribution in [0.2, 0.25) is 0 Å². The lowest BCUT2D eigenvalue weighted by Crippen LogP contribution is -2.49. The van der Waals surface area contributed by atoms with Gasteiger partial charge in [0.2, 0.25) is 0 Å². The average molecular weight is 245 g/mol. The Hall–Kier alpha value is -0.630. The van der Waals surface area contributed by atoms with Gasteiger partial charge in [-0.2, -0.15) is 0 Å². The second-order valence-electron chi connectivity index (χ2n) is 4.06. The van der Waals surface area contributed by atoms with Crippen LogP contribution in [0.15, 0.2) is 9.32 Å². The molecule has 0 amide bonds. The standard InChI is InChI=1S/C11H21N2O2P/c1-4-6-8-16(9-7-5-2)10-11(14)15-12-13(10)3/h4-9H2,1-3H3/p+1. The molecular weight excluding hydrogens is 223 g/mol. The normalized spacial score (nSPS) is 11.2. The fourth-order valence-corrected chi connectivity index (χ4v) is 4.51. The summed E-state index contributed by atoms with van der Waals surface area (Å²) >= 11 is 0. The van der Waals surface area contributed by atoms with Gasteiger partial charge < -0.3 is 0 Å². The van der Waals surface area contributed by atoms with Crippen molar-refractivity contribution in [3.05, 3.63) is 10.4 Å². The molecule has 1 aromatic rings. The zero-order valence-corrected chi connectivity index (χ0v) is 11.3. The summed E-state index contributed by atoms with van der Waals surface area (Å²) in [4.78, 5) is 11.6. The average Bonchev–Trinajstić information content (AvgIpc) is 2.60. The summed E-state index contributed by atoms with van der Waals surface area (Å²) in [6.07, 6.45) is 7.04. The van der Waals surface area contributed by atoms with E-state index in [1.54, 1.807) is 4.68 Å². The van der Waals surface area contributed by atoms with Crippen molar-refractivity contribution in [1.82, 2.24) is 5.27 Å². The number of rotatable bonds is 7. The molecule has 0 spiro atoms. The van der Waals surface area contributed by atoms with Crippen LogP contribution in [0.3, 0.4) is 0 Å². The summed E-state index contributed by atoms with van der Waals surface area (Å²) < 4.78 is 6.58. The lowest BCUT2D eigenvalue weighted by molar-refractivity contribution is -0.724. The molecule has 5 heteroatoms. The van der Waals surface area contributed by atoms with Gasteiger partial charge in [-0.05, 0) is 30.4 Å². The molecule has 0 aliphatic carbocycles. The second-order valence-corrected chi connectivity index (χ2v) is 6.46. The number of nitrogens with zero attached hydrogens (tertiary/aromatic N) is 1. The van der Waals surface area contributed by atoms with E-state index in [9.17, 15) is 4.79 Å². The summed E-state index contributed by atoms with van der Waals surface area (Å²) in [6.45, 7) is 4.37. The number of hydrogen-bond donors (Lipinski definition) is 1. The predicted molar refractivity (Wildman–Crippen MR) is 66.6 cm³/mol. The minimum absolute atomic E-state index is 0.180. The topological polar surface area (TPSA) is 49.9 Å². The van der Waals surface area contributed by atoms with Crippen molar-refractivity contribution in [1.29, 1.82) is 0 Å². The summed E-state index contributed by atoms with van der Waals surface area (Å²) in [7, 11) is 1.51. The fourth-order valence-electron chi connectivity index (χ4n) is 1.70. The maximum absolute atomic E-state index is 11.6. The summed E-state index contributed by atoms with van der Waals surface area (Å²) in [6, 6.07) is 0. The zero-order chi connectivity index (χ0) is 12.0. The lowest BCUT2D eigenvalue weighted by atomic mass is 10.4. The summed E-state index contributed by atoms with van der Waals surface area (Å²) in [5, 5.41) is 2.62. The van der Waals surface area contributed by atoms with E-state index in [1.165, 1.54) is 25.7 Å². The number of H-pyrrole nitrogens is 1. The Morgan fingerprint density at radius 3 is 2.19 bits per heavy atom. The van der Waals surface area contributed by atoms with E-state index in [-0.39, 0.29) is 13.5 Å². The fraction of sp³-hybridized carbons (Fsp3) is 0.818. The SMILES string of the molecule is CCCCP(CCCC)c1c(=O)o[nH][n+]1C. The Kier molecular flexibility index (Phi) is 5.75. The van der Waals surface area contributed by atoms with Gasteiger partial charge in [0.15, 0.2) is 7.05 Å². The van der Waals surface area contributed by atoms with E-state index in [2.05, 4.69) is 19.1 Å². The maximum atomic E-state index is 11.6. The summed E-state index contributed by atoms with van der Waals surface area (Å²) in [5.41, 5.74) is 0.678. The van der Waals surface area contributed by atoms with Crippen molar-refractivity contribution >= 4 is 13.4 Å². The molecule has 0 fully saturated rings. The second kappa shape index (κ2) is 6.85. The van der Waals surface area contributed by atoms with E-state index < -0.39 is 0 Å². The first-order valence-electron chi connectivity index (χ1n) is 6.03. The molecule has 0 saturated carbocycles. The minimum Gasteiger partial charge on any atom is -0.283 e. The molecule has 0 bridgehead atoms. The van der Waals surface area contributed by atoms with Crippen molar-refractivity contribution < 1.29 is 9.20 Å². The quantitative estimate of drug-likeness (QED) is 0.584. The molecule has 1 N–H and O–H groups in total. The Bertz CT molecular complexity index is 351. The van der Waals surface area contributed by atoms with Gasteiger partial charge in [-0.15, -0.1) is 0 Å². The molecule has 0 atom stereocenters. The summed E-state index contributed by atoms with van der Waals surface area (Å²) in [5.74, 6) is 0. The van der Waals surface area contributed by atoms with Gasteiger partial charge in [0.25, 0.3) is 0 Å². The molecule has 4 nitrogen and oxygen atoms in total. The first-order chi connectivity index (χ1) is 7.70. The number of aryl methyl sites for hydroxylation is 1. The van der Waals surface area contributed by atoms with Gasteiger partial charge in [0.05, 0.1) is 0 Å². The molecule has 0 aromatic carbocycles. The third-order valence-electron chi connectivity index (χ3n) is 2.64. The van der Waals surface area contributed by atoms with Gasteiger partial charge in [0.1, 0.15) is 0 Å². The van der Waals surface area contributed by atoms with Crippen LogP contribution in [0.1, 0.15) is 39.5 Å². The number of aromatic nitrogens is 2. The van der Waals surface area contributed by atoms with Crippen molar-refractivity contribution in [3.8, 4) is 0 Å². The number of unbranched alkanes of at least 4 members (excludes halogenated alkanes) is 2. The van der Waals surface area contributed by atoms with Crippen molar-refractivity contribution in [2.45, 2.75) is 39.5 Å². The highest BCUT2D eigenvalue weighted by Gasteiger charge is 2.26. The molecule has 1 heterocycles. The maximum Gasteiger partial charge on any atom is 0.434 e. The van der Waals surface area contributed by atoms with Crippen LogP contribution in [-0.2, 0) is 7.05 Å². The molecule has 0 aliphatic rings. The lowest BCUT2D eigenvalue weighted by Gasteiger charge is -2.10. The van der Waals surface area contributed by atoms with Gasteiger partial charge in [-0.25, -0.2) is 4.79 Å². The number of hydrogen-bond acceptors (Lipinski definition) is 2. The van der Waals surface area contributed by atoms with Crippen LogP contribution in [0.25, 0.3) is 0 Å². The highest BCUT2D eigenvalue weighted by atomic mass is 31.1. The molecule has 0 aliphatic heterocycles.